The number of nitrogens with zero attached hydrogens (tertiary/aromatic N) is 1. The Morgan fingerprint density at radius 1 is 1.21 bits per heavy atom. The lowest BCUT2D eigenvalue weighted by Crippen LogP contribution is -2.28. The van der Waals surface area contributed by atoms with Gasteiger partial charge in [0.05, 0.1) is 17.3 Å². The van der Waals surface area contributed by atoms with Gasteiger partial charge in [-0.25, -0.2) is 0 Å². The first kappa shape index (κ1) is 16.0. The van der Waals surface area contributed by atoms with Crippen molar-refractivity contribution < 1.29 is 4.79 Å². The Morgan fingerprint density at radius 3 is 2.62 bits per heavy atom. The zero-order chi connectivity index (χ0) is 17.4. The summed E-state index contributed by atoms with van der Waals surface area (Å²) in [5, 5.41) is 10.8. The number of benzene rings is 1. The van der Waals surface area contributed by atoms with Gasteiger partial charge in [0.15, 0.2) is 0 Å². The number of rotatable bonds is 3. The molecule has 0 saturated carbocycles. The molecule has 0 unspecified atom stereocenters. The van der Waals surface area contributed by atoms with Gasteiger partial charge in [-0.05, 0) is 39.8 Å². The standard InChI is InChI=1S/C18H20N4O2/c1-9-5-6-15-13(7-9)14(8-16(23)20-15)18(24)19-10(2)17-11(3)21-22-12(17)4/h5-8,10H,1-4H3,(H,19,24)(H,20,23)(H,21,22)/t10-/m1/s1. The van der Waals surface area contributed by atoms with Crippen molar-refractivity contribution >= 4 is 16.8 Å². The first-order valence-corrected chi connectivity index (χ1v) is 7.83. The molecule has 3 N–H and O–H groups in total. The molecule has 3 aromatic rings. The summed E-state index contributed by atoms with van der Waals surface area (Å²) in [7, 11) is 0. The van der Waals surface area contributed by atoms with Crippen LogP contribution in [0.5, 0.6) is 0 Å². The molecule has 0 radical (unpaired) electrons. The van der Waals surface area contributed by atoms with Crippen molar-refractivity contribution in [2.24, 2.45) is 0 Å². The Bertz CT molecular complexity index is 965. The van der Waals surface area contributed by atoms with E-state index in [4.69, 9.17) is 0 Å². The summed E-state index contributed by atoms with van der Waals surface area (Å²) in [5.41, 5.74) is 4.51. The van der Waals surface area contributed by atoms with Crippen LogP contribution in [0.1, 0.15) is 45.8 Å². The topological polar surface area (TPSA) is 90.6 Å². The van der Waals surface area contributed by atoms with E-state index in [1.54, 1.807) is 0 Å². The zero-order valence-corrected chi connectivity index (χ0v) is 14.2. The molecule has 2 heterocycles. The molecule has 1 aromatic carbocycles. The minimum atomic E-state index is -0.292. The molecule has 0 bridgehead atoms. The normalized spacial score (nSPS) is 12.3. The van der Waals surface area contributed by atoms with Gasteiger partial charge in [0.2, 0.25) is 5.56 Å². The number of nitrogens with one attached hydrogen (secondary N) is 3. The lowest BCUT2D eigenvalue weighted by Gasteiger charge is -2.15. The molecule has 0 aliphatic rings. The molecule has 0 fully saturated rings. The van der Waals surface area contributed by atoms with Gasteiger partial charge < -0.3 is 10.3 Å². The van der Waals surface area contributed by atoms with E-state index in [1.807, 2.05) is 45.9 Å². The van der Waals surface area contributed by atoms with E-state index in [0.717, 1.165) is 27.9 Å². The molecule has 0 aliphatic carbocycles. The maximum absolute atomic E-state index is 12.8. The number of aromatic amines is 2. The highest BCUT2D eigenvalue weighted by Gasteiger charge is 2.19. The summed E-state index contributed by atoms with van der Waals surface area (Å²) < 4.78 is 0. The van der Waals surface area contributed by atoms with Crippen LogP contribution < -0.4 is 10.9 Å². The smallest absolute Gasteiger partial charge is 0.252 e. The van der Waals surface area contributed by atoms with Crippen LogP contribution in [0.15, 0.2) is 29.1 Å². The number of carbonyl (C=O) groups excluding carboxylic acids is 1. The SMILES string of the molecule is Cc1ccc2[nH]c(=O)cc(C(=O)N[C@H](C)c3c(C)n[nH]c3C)c2c1. The second kappa shape index (κ2) is 5.96. The van der Waals surface area contributed by atoms with Crippen LogP contribution in [0.4, 0.5) is 0 Å². The van der Waals surface area contributed by atoms with E-state index < -0.39 is 0 Å². The Labute approximate surface area is 139 Å². The number of aromatic nitrogens is 3. The summed E-state index contributed by atoms with van der Waals surface area (Å²) in [6.07, 6.45) is 0. The number of hydrogen-bond acceptors (Lipinski definition) is 3. The Morgan fingerprint density at radius 2 is 1.96 bits per heavy atom. The molecule has 1 atom stereocenters. The fraction of sp³-hybridized carbons (Fsp3) is 0.278. The van der Waals surface area contributed by atoms with Gasteiger partial charge >= 0.3 is 0 Å². The summed E-state index contributed by atoms with van der Waals surface area (Å²) in [6, 6.07) is 6.76. The molecule has 3 rings (SSSR count). The minimum absolute atomic E-state index is 0.213. The number of fused-ring (bicyclic) bond motifs is 1. The van der Waals surface area contributed by atoms with Crippen molar-refractivity contribution in [3.8, 4) is 0 Å². The Kier molecular flexibility index (Phi) is 3.97. The van der Waals surface area contributed by atoms with Gasteiger partial charge in [-0.1, -0.05) is 11.6 Å². The molecule has 2 aromatic heterocycles. The number of amides is 1. The van der Waals surface area contributed by atoms with Gasteiger partial charge in [-0.15, -0.1) is 0 Å². The molecule has 124 valence electrons. The molecular formula is C18H20N4O2. The van der Waals surface area contributed by atoms with Crippen molar-refractivity contribution in [3.05, 3.63) is 62.7 Å². The highest BCUT2D eigenvalue weighted by molar-refractivity contribution is 6.06. The van der Waals surface area contributed by atoms with Crippen molar-refractivity contribution in [2.45, 2.75) is 33.7 Å². The van der Waals surface area contributed by atoms with Crippen LogP contribution >= 0.6 is 0 Å². The first-order valence-electron chi connectivity index (χ1n) is 7.83. The largest absolute Gasteiger partial charge is 0.345 e. The van der Waals surface area contributed by atoms with E-state index in [9.17, 15) is 9.59 Å². The van der Waals surface area contributed by atoms with Crippen LogP contribution in [0.2, 0.25) is 0 Å². The van der Waals surface area contributed by atoms with Crippen LogP contribution in [-0.4, -0.2) is 21.1 Å². The van der Waals surface area contributed by atoms with E-state index >= 15 is 0 Å². The fourth-order valence-corrected chi connectivity index (χ4v) is 3.10. The van der Waals surface area contributed by atoms with Crippen molar-refractivity contribution in [2.75, 3.05) is 0 Å². The molecule has 1 amide bonds. The number of pyridine rings is 1. The van der Waals surface area contributed by atoms with Crippen LogP contribution in [0.25, 0.3) is 10.9 Å². The van der Waals surface area contributed by atoms with Gasteiger partial charge in [0.1, 0.15) is 0 Å². The number of carbonyl (C=O) groups is 1. The van der Waals surface area contributed by atoms with Crippen LogP contribution in [-0.2, 0) is 0 Å². The average molecular weight is 324 g/mol. The zero-order valence-electron chi connectivity index (χ0n) is 14.2. The molecule has 0 aliphatic heterocycles. The highest BCUT2D eigenvalue weighted by Crippen LogP contribution is 2.21. The third-order valence-electron chi connectivity index (χ3n) is 4.21. The fourth-order valence-electron chi connectivity index (χ4n) is 3.10. The number of aryl methyl sites for hydroxylation is 3. The molecule has 24 heavy (non-hydrogen) atoms. The van der Waals surface area contributed by atoms with Crippen LogP contribution in [0.3, 0.4) is 0 Å². The predicted molar refractivity (Wildman–Crippen MR) is 93.2 cm³/mol. The molecular weight excluding hydrogens is 304 g/mol. The second-order valence-electron chi connectivity index (χ2n) is 6.14. The monoisotopic (exact) mass is 324 g/mol. The molecule has 6 heteroatoms. The maximum atomic E-state index is 12.8. The first-order chi connectivity index (χ1) is 11.4. The van der Waals surface area contributed by atoms with E-state index in [1.165, 1.54) is 6.07 Å². The highest BCUT2D eigenvalue weighted by atomic mass is 16.2. The maximum Gasteiger partial charge on any atom is 0.252 e. The Balaban J connectivity index is 2.00. The predicted octanol–water partition coefficient (Wildman–Crippen LogP) is 2.67. The average Bonchev–Trinajstić information content (AvgIpc) is 2.85. The van der Waals surface area contributed by atoms with E-state index in [2.05, 4.69) is 20.5 Å². The van der Waals surface area contributed by atoms with Gasteiger partial charge in [0, 0.05) is 28.2 Å². The quantitative estimate of drug-likeness (QED) is 0.692. The third kappa shape index (κ3) is 2.82. The third-order valence-corrected chi connectivity index (χ3v) is 4.21. The second-order valence-corrected chi connectivity index (χ2v) is 6.14. The molecule has 0 saturated heterocycles. The van der Waals surface area contributed by atoms with Crippen LogP contribution in [0, 0.1) is 20.8 Å². The number of H-pyrrole nitrogens is 2. The lowest BCUT2D eigenvalue weighted by molar-refractivity contribution is 0.0941. The van der Waals surface area contributed by atoms with Crippen molar-refractivity contribution in [3.63, 3.8) is 0 Å². The molecule has 0 spiro atoms. The Hall–Kier alpha value is -2.89. The van der Waals surface area contributed by atoms with Gasteiger partial charge in [0.25, 0.3) is 5.91 Å². The van der Waals surface area contributed by atoms with Crippen molar-refractivity contribution in [1.82, 2.24) is 20.5 Å². The van der Waals surface area contributed by atoms with Gasteiger partial charge in [-0.2, -0.15) is 5.10 Å². The number of hydrogen-bond donors (Lipinski definition) is 3. The lowest BCUT2D eigenvalue weighted by atomic mass is 10.0. The minimum Gasteiger partial charge on any atom is -0.345 e. The molecule has 6 nitrogen and oxygen atoms in total. The summed E-state index contributed by atoms with van der Waals surface area (Å²) in [6.45, 7) is 7.67. The van der Waals surface area contributed by atoms with E-state index in [0.29, 0.717) is 11.1 Å². The van der Waals surface area contributed by atoms with E-state index in [-0.39, 0.29) is 17.5 Å². The van der Waals surface area contributed by atoms with Gasteiger partial charge in [-0.3, -0.25) is 14.7 Å². The summed E-state index contributed by atoms with van der Waals surface area (Å²) in [4.78, 5) is 27.4. The summed E-state index contributed by atoms with van der Waals surface area (Å²) >= 11 is 0. The summed E-state index contributed by atoms with van der Waals surface area (Å²) in [5.74, 6) is -0.274. The van der Waals surface area contributed by atoms with Crippen molar-refractivity contribution in [1.29, 1.82) is 0 Å².